The molecule has 0 fully saturated rings. The van der Waals surface area contributed by atoms with Gasteiger partial charge in [0, 0.05) is 23.7 Å². The fraction of sp³-hybridized carbons (Fsp3) is 0.440. The molecule has 0 aliphatic carbocycles. The Morgan fingerprint density at radius 3 is 2.20 bits per heavy atom. The Kier molecular flexibility index (Phi) is 9.92. The van der Waals surface area contributed by atoms with Gasteiger partial charge in [-0.2, -0.15) is 0 Å². The van der Waals surface area contributed by atoms with E-state index in [1.165, 1.54) is 32.1 Å². The second-order valence-corrected chi connectivity index (χ2v) is 7.61. The van der Waals surface area contributed by atoms with Crippen LogP contribution in [0.3, 0.4) is 0 Å². The fourth-order valence-electron chi connectivity index (χ4n) is 3.33. The van der Waals surface area contributed by atoms with Gasteiger partial charge >= 0.3 is 0 Å². The van der Waals surface area contributed by atoms with E-state index in [9.17, 15) is 9.59 Å². The minimum atomic E-state index is -0.184. The Bertz CT molecular complexity index is 819. The monoisotopic (exact) mass is 410 g/mol. The number of unbranched alkanes of at least 4 members (excludes halogenated alkanes) is 6. The van der Waals surface area contributed by atoms with Crippen molar-refractivity contribution in [3.8, 4) is 5.75 Å². The number of carbonyl (C=O) groups is 2. The van der Waals surface area contributed by atoms with Crippen LogP contribution in [0.15, 0.2) is 42.5 Å². The highest BCUT2D eigenvalue weighted by Crippen LogP contribution is 2.31. The van der Waals surface area contributed by atoms with Crippen molar-refractivity contribution in [2.75, 3.05) is 17.7 Å². The van der Waals surface area contributed by atoms with Crippen molar-refractivity contribution in [3.63, 3.8) is 0 Å². The fourth-order valence-corrected chi connectivity index (χ4v) is 3.33. The maximum Gasteiger partial charge on any atom is 0.255 e. The van der Waals surface area contributed by atoms with Gasteiger partial charge in [0.25, 0.3) is 5.91 Å². The highest BCUT2D eigenvalue weighted by atomic mass is 16.5. The molecule has 30 heavy (non-hydrogen) atoms. The van der Waals surface area contributed by atoms with Crippen molar-refractivity contribution in [3.05, 3.63) is 53.6 Å². The predicted octanol–water partition coefficient (Wildman–Crippen LogP) is 6.34. The van der Waals surface area contributed by atoms with Gasteiger partial charge < -0.3 is 15.4 Å². The first-order valence-corrected chi connectivity index (χ1v) is 10.9. The molecule has 0 spiro atoms. The van der Waals surface area contributed by atoms with Crippen LogP contribution in [-0.4, -0.2) is 18.9 Å². The van der Waals surface area contributed by atoms with E-state index in [1.54, 1.807) is 25.3 Å². The van der Waals surface area contributed by atoms with Gasteiger partial charge in [-0.25, -0.2) is 0 Å². The van der Waals surface area contributed by atoms with Crippen LogP contribution >= 0.6 is 0 Å². The summed E-state index contributed by atoms with van der Waals surface area (Å²) in [5.74, 6) is 0.329. The summed E-state index contributed by atoms with van der Waals surface area (Å²) < 4.78 is 5.44. The summed E-state index contributed by atoms with van der Waals surface area (Å²) >= 11 is 0. The Morgan fingerprint density at radius 1 is 0.867 bits per heavy atom. The number of carbonyl (C=O) groups excluding carboxylic acids is 2. The molecule has 2 amide bonds. The van der Waals surface area contributed by atoms with E-state index in [2.05, 4.69) is 17.6 Å². The Morgan fingerprint density at radius 2 is 1.53 bits per heavy atom. The number of aryl methyl sites for hydroxylation is 1. The average molecular weight is 411 g/mol. The smallest absolute Gasteiger partial charge is 0.255 e. The molecule has 0 heterocycles. The first kappa shape index (κ1) is 23.5. The highest BCUT2D eigenvalue weighted by Gasteiger charge is 2.13. The molecule has 0 atom stereocenters. The van der Waals surface area contributed by atoms with Crippen LogP contribution in [0, 0.1) is 6.92 Å². The molecule has 0 saturated heterocycles. The molecule has 0 aromatic heterocycles. The number of amides is 2. The van der Waals surface area contributed by atoms with E-state index in [4.69, 9.17) is 4.74 Å². The number of methoxy groups -OCH3 is 1. The quantitative estimate of drug-likeness (QED) is 0.401. The molecule has 2 aromatic rings. The van der Waals surface area contributed by atoms with Gasteiger partial charge in [-0.3, -0.25) is 9.59 Å². The minimum Gasteiger partial charge on any atom is -0.494 e. The topological polar surface area (TPSA) is 67.4 Å². The molecular weight excluding hydrogens is 376 g/mol. The van der Waals surface area contributed by atoms with Crippen molar-refractivity contribution >= 4 is 23.2 Å². The third kappa shape index (κ3) is 7.54. The summed E-state index contributed by atoms with van der Waals surface area (Å²) in [4.78, 5) is 24.8. The lowest BCUT2D eigenvalue weighted by atomic mass is 10.1. The van der Waals surface area contributed by atoms with Gasteiger partial charge in [0.05, 0.1) is 12.8 Å². The maximum absolute atomic E-state index is 12.4. The largest absolute Gasteiger partial charge is 0.494 e. The van der Waals surface area contributed by atoms with Gasteiger partial charge in [0.2, 0.25) is 5.91 Å². The van der Waals surface area contributed by atoms with Gasteiger partial charge in [-0.1, -0.05) is 63.6 Å². The Balaban J connectivity index is 1.91. The third-order valence-corrected chi connectivity index (χ3v) is 5.11. The van der Waals surface area contributed by atoms with E-state index >= 15 is 0 Å². The van der Waals surface area contributed by atoms with Crippen LogP contribution in [0.25, 0.3) is 0 Å². The summed E-state index contributed by atoms with van der Waals surface area (Å²) in [6.45, 7) is 4.11. The lowest BCUT2D eigenvalue weighted by Crippen LogP contribution is -2.15. The van der Waals surface area contributed by atoms with Crippen molar-refractivity contribution in [1.29, 1.82) is 0 Å². The van der Waals surface area contributed by atoms with E-state index in [0.29, 0.717) is 29.1 Å². The van der Waals surface area contributed by atoms with E-state index in [-0.39, 0.29) is 11.8 Å². The molecule has 5 nitrogen and oxygen atoms in total. The summed E-state index contributed by atoms with van der Waals surface area (Å²) in [6.07, 6.45) is 8.74. The second kappa shape index (κ2) is 12.7. The highest BCUT2D eigenvalue weighted by molar-refractivity contribution is 6.05. The molecular formula is C25H34N2O3. The minimum absolute atomic E-state index is 0.0117. The van der Waals surface area contributed by atoms with Crippen molar-refractivity contribution in [2.24, 2.45) is 0 Å². The molecule has 0 saturated carbocycles. The molecule has 0 aliphatic heterocycles. The summed E-state index contributed by atoms with van der Waals surface area (Å²) in [6, 6.07) is 12.6. The molecule has 2 rings (SSSR count). The lowest BCUT2D eigenvalue weighted by Gasteiger charge is -2.15. The van der Waals surface area contributed by atoms with E-state index in [1.807, 2.05) is 31.2 Å². The zero-order valence-corrected chi connectivity index (χ0v) is 18.4. The summed E-state index contributed by atoms with van der Waals surface area (Å²) in [5, 5.41) is 5.86. The summed E-state index contributed by atoms with van der Waals surface area (Å²) in [7, 11) is 1.55. The number of benzene rings is 2. The van der Waals surface area contributed by atoms with Crippen LogP contribution in [0.4, 0.5) is 11.4 Å². The predicted molar refractivity (Wildman–Crippen MR) is 123 cm³/mol. The SMILES string of the molecule is CCCCCCCCCC(=O)Nc1cc(C)c(NC(=O)c2ccccc2)cc1OC. The molecule has 0 bridgehead atoms. The van der Waals surface area contributed by atoms with Crippen LogP contribution < -0.4 is 15.4 Å². The second-order valence-electron chi connectivity index (χ2n) is 7.61. The number of ether oxygens (including phenoxy) is 1. The van der Waals surface area contributed by atoms with Crippen molar-refractivity contribution in [1.82, 2.24) is 0 Å². The van der Waals surface area contributed by atoms with Gasteiger partial charge in [0.15, 0.2) is 0 Å². The van der Waals surface area contributed by atoms with Crippen LogP contribution in [0.1, 0.15) is 74.2 Å². The van der Waals surface area contributed by atoms with Crippen LogP contribution in [-0.2, 0) is 4.79 Å². The third-order valence-electron chi connectivity index (χ3n) is 5.11. The normalized spacial score (nSPS) is 10.5. The zero-order chi connectivity index (χ0) is 21.8. The first-order valence-electron chi connectivity index (χ1n) is 10.9. The first-order chi connectivity index (χ1) is 14.5. The van der Waals surface area contributed by atoms with Gasteiger partial charge in [-0.05, 0) is 37.1 Å². The number of anilines is 2. The molecule has 0 aliphatic rings. The van der Waals surface area contributed by atoms with E-state index < -0.39 is 0 Å². The van der Waals surface area contributed by atoms with Gasteiger partial charge in [-0.15, -0.1) is 0 Å². The molecule has 0 radical (unpaired) electrons. The number of nitrogens with one attached hydrogen (secondary N) is 2. The van der Waals surface area contributed by atoms with E-state index in [0.717, 1.165) is 18.4 Å². The lowest BCUT2D eigenvalue weighted by molar-refractivity contribution is -0.116. The van der Waals surface area contributed by atoms with Crippen molar-refractivity contribution in [2.45, 2.75) is 65.2 Å². The number of rotatable bonds is 12. The zero-order valence-electron chi connectivity index (χ0n) is 18.4. The summed E-state index contributed by atoms with van der Waals surface area (Å²) in [5.41, 5.74) is 2.72. The molecule has 2 aromatic carbocycles. The van der Waals surface area contributed by atoms with Crippen molar-refractivity contribution < 1.29 is 14.3 Å². The van der Waals surface area contributed by atoms with Crippen LogP contribution in [0.2, 0.25) is 0 Å². The average Bonchev–Trinajstić information content (AvgIpc) is 2.75. The maximum atomic E-state index is 12.4. The molecule has 5 heteroatoms. The molecule has 2 N–H and O–H groups in total. The number of hydrogen-bond acceptors (Lipinski definition) is 3. The molecule has 162 valence electrons. The Labute approximate surface area is 180 Å². The van der Waals surface area contributed by atoms with Gasteiger partial charge in [0.1, 0.15) is 5.75 Å². The standard InChI is InChI=1S/C25H34N2O3/c1-4-5-6-7-8-9-13-16-24(28)26-22-17-19(2)21(18-23(22)30-3)27-25(29)20-14-11-10-12-15-20/h10-12,14-15,17-18H,4-9,13,16H2,1-3H3,(H,26,28)(H,27,29). The van der Waals surface area contributed by atoms with Crippen LogP contribution in [0.5, 0.6) is 5.75 Å². The molecule has 0 unspecified atom stereocenters. The number of hydrogen-bond donors (Lipinski definition) is 2. The Hall–Kier alpha value is -2.82.